The van der Waals surface area contributed by atoms with Gasteiger partial charge in [0.2, 0.25) is 5.91 Å². The quantitative estimate of drug-likeness (QED) is 0.860. The van der Waals surface area contributed by atoms with E-state index in [-0.39, 0.29) is 5.91 Å². The Kier molecular flexibility index (Phi) is 5.28. The summed E-state index contributed by atoms with van der Waals surface area (Å²) in [7, 11) is 0. The fourth-order valence-electron chi connectivity index (χ4n) is 2.62. The summed E-state index contributed by atoms with van der Waals surface area (Å²) in [4.78, 5) is 21.7. The molecule has 0 aliphatic carbocycles. The zero-order valence-corrected chi connectivity index (χ0v) is 16.4. The second kappa shape index (κ2) is 7.46. The molecule has 0 unspecified atom stereocenters. The number of rotatable bonds is 4. The van der Waals surface area contributed by atoms with E-state index in [1.54, 1.807) is 0 Å². The molecule has 2 aromatic carbocycles. The van der Waals surface area contributed by atoms with E-state index in [0.717, 1.165) is 22.0 Å². The average molecular weight is 366 g/mol. The second-order valence-corrected chi connectivity index (χ2v) is 7.90. The second-order valence-electron chi connectivity index (χ2n) is 6.94. The lowest BCUT2D eigenvalue weighted by atomic mass is 10.1. The lowest BCUT2D eigenvalue weighted by Crippen LogP contribution is -2.17. The van der Waals surface area contributed by atoms with Gasteiger partial charge in [-0.2, -0.15) is 0 Å². The van der Waals surface area contributed by atoms with Gasteiger partial charge in [-0.05, 0) is 39.8 Å². The van der Waals surface area contributed by atoms with E-state index >= 15 is 0 Å². The van der Waals surface area contributed by atoms with Crippen molar-refractivity contribution in [3.63, 3.8) is 0 Å². The molecule has 5 heteroatoms. The Hall–Kier alpha value is -2.40. The molecule has 2 aromatic rings. The molecule has 1 amide bonds. The molecule has 1 heterocycles. The molecule has 1 aliphatic heterocycles. The minimum absolute atomic E-state index is 0.0467. The van der Waals surface area contributed by atoms with Crippen LogP contribution in [0.25, 0.3) is 0 Å². The Morgan fingerprint density at radius 1 is 0.962 bits per heavy atom. The van der Waals surface area contributed by atoms with Crippen LogP contribution in [0, 0.1) is 13.8 Å². The molecule has 0 spiro atoms. The lowest BCUT2D eigenvalue weighted by molar-refractivity contribution is -0.113. The number of nitrogens with one attached hydrogen (secondary N) is 1. The van der Waals surface area contributed by atoms with Gasteiger partial charge in [0.1, 0.15) is 10.7 Å². The number of aliphatic imine (C=N–C) groups is 2. The van der Waals surface area contributed by atoms with E-state index in [2.05, 4.69) is 41.5 Å². The first-order valence-electron chi connectivity index (χ1n) is 8.59. The number of carbonyl (C=O) groups excluding carboxylic acids is 1. The van der Waals surface area contributed by atoms with Gasteiger partial charge in [-0.15, -0.1) is 0 Å². The van der Waals surface area contributed by atoms with Gasteiger partial charge in [-0.25, -0.2) is 4.99 Å². The van der Waals surface area contributed by atoms with E-state index in [1.165, 1.54) is 22.9 Å². The van der Waals surface area contributed by atoms with Crippen LogP contribution in [0.1, 0.15) is 30.5 Å². The zero-order valence-electron chi connectivity index (χ0n) is 15.5. The maximum absolute atomic E-state index is 12.3. The Labute approximate surface area is 158 Å². The van der Waals surface area contributed by atoms with Gasteiger partial charge < -0.3 is 5.32 Å². The third-order valence-electron chi connectivity index (χ3n) is 3.96. The van der Waals surface area contributed by atoms with Crippen LogP contribution in [0.15, 0.2) is 58.5 Å². The van der Waals surface area contributed by atoms with Crippen molar-refractivity contribution in [1.29, 1.82) is 0 Å². The Bertz CT molecular complexity index is 865. The minimum Gasteiger partial charge on any atom is -0.325 e. The van der Waals surface area contributed by atoms with Crippen molar-refractivity contribution < 1.29 is 4.79 Å². The van der Waals surface area contributed by atoms with Crippen molar-refractivity contribution >= 4 is 34.1 Å². The summed E-state index contributed by atoms with van der Waals surface area (Å²) in [5.41, 5.74) is 4.58. The van der Waals surface area contributed by atoms with E-state index < -0.39 is 5.66 Å². The molecule has 0 atom stereocenters. The monoisotopic (exact) mass is 365 g/mol. The highest BCUT2D eigenvalue weighted by Gasteiger charge is 2.28. The minimum atomic E-state index is -0.490. The molecule has 0 bridgehead atoms. The molecule has 1 N–H and O–H groups in total. The van der Waals surface area contributed by atoms with Gasteiger partial charge in [-0.3, -0.25) is 9.79 Å². The van der Waals surface area contributed by atoms with Crippen LogP contribution in [0.3, 0.4) is 0 Å². The third kappa shape index (κ3) is 4.61. The Balaban J connectivity index is 1.67. The van der Waals surface area contributed by atoms with Gasteiger partial charge in [0.05, 0.1) is 11.5 Å². The van der Waals surface area contributed by atoms with E-state index in [0.29, 0.717) is 5.75 Å². The third-order valence-corrected chi connectivity index (χ3v) is 4.93. The summed E-state index contributed by atoms with van der Waals surface area (Å²) >= 11 is 1.43. The van der Waals surface area contributed by atoms with Gasteiger partial charge in [0, 0.05) is 11.3 Å². The lowest BCUT2D eigenvalue weighted by Gasteiger charge is -2.07. The molecule has 0 aromatic heterocycles. The maximum atomic E-state index is 12.3. The summed E-state index contributed by atoms with van der Waals surface area (Å²) in [5.74, 6) is 0.253. The SMILES string of the molecule is Cc1ccc(NC(=O)CSC2=NC(C)(C)N=C2c2ccc(C)cc2)cc1. The van der Waals surface area contributed by atoms with Crippen molar-refractivity contribution in [2.45, 2.75) is 33.4 Å². The fraction of sp³-hybridized carbons (Fsp3) is 0.286. The average Bonchev–Trinajstić information content (AvgIpc) is 2.91. The number of benzene rings is 2. The number of hydrogen-bond acceptors (Lipinski definition) is 4. The molecule has 3 rings (SSSR count). The molecule has 26 heavy (non-hydrogen) atoms. The smallest absolute Gasteiger partial charge is 0.234 e. The first kappa shape index (κ1) is 18.4. The van der Waals surface area contributed by atoms with Crippen molar-refractivity contribution in [3.05, 3.63) is 65.2 Å². The molecule has 134 valence electrons. The number of nitrogens with zero attached hydrogens (tertiary/aromatic N) is 2. The van der Waals surface area contributed by atoms with E-state index in [1.807, 2.05) is 45.0 Å². The van der Waals surface area contributed by atoms with Crippen LogP contribution < -0.4 is 5.32 Å². The van der Waals surface area contributed by atoms with Crippen LogP contribution in [0.4, 0.5) is 5.69 Å². The van der Waals surface area contributed by atoms with Crippen LogP contribution in [0.2, 0.25) is 0 Å². The standard InChI is InChI=1S/C21H23N3OS/c1-14-5-9-16(10-6-14)19-20(24-21(3,4)23-19)26-13-18(25)22-17-11-7-15(2)8-12-17/h5-12H,13H2,1-4H3,(H,22,25). The van der Waals surface area contributed by atoms with Gasteiger partial charge >= 0.3 is 0 Å². The highest BCUT2D eigenvalue weighted by Crippen LogP contribution is 2.27. The molecule has 0 saturated heterocycles. The number of amides is 1. The number of hydrogen-bond donors (Lipinski definition) is 1. The van der Waals surface area contributed by atoms with Crippen LogP contribution in [-0.2, 0) is 4.79 Å². The summed E-state index contributed by atoms with van der Waals surface area (Å²) in [6.45, 7) is 8.03. The molecule has 0 fully saturated rings. The van der Waals surface area contributed by atoms with E-state index in [4.69, 9.17) is 4.99 Å². The van der Waals surface area contributed by atoms with Crippen molar-refractivity contribution in [2.24, 2.45) is 9.98 Å². The van der Waals surface area contributed by atoms with Crippen LogP contribution in [0.5, 0.6) is 0 Å². The molecule has 1 aliphatic rings. The number of carbonyl (C=O) groups is 1. The van der Waals surface area contributed by atoms with Gasteiger partial charge in [0.25, 0.3) is 0 Å². The van der Waals surface area contributed by atoms with Gasteiger partial charge in [0.15, 0.2) is 0 Å². The maximum Gasteiger partial charge on any atom is 0.234 e. The number of thioether (sulfide) groups is 1. The van der Waals surface area contributed by atoms with Crippen LogP contribution in [-0.4, -0.2) is 28.1 Å². The highest BCUT2D eigenvalue weighted by molar-refractivity contribution is 8.16. The summed E-state index contributed by atoms with van der Waals surface area (Å²) in [6, 6.07) is 16.0. The molecule has 0 saturated carbocycles. The Morgan fingerprint density at radius 2 is 1.54 bits per heavy atom. The normalized spacial score (nSPS) is 15.4. The van der Waals surface area contributed by atoms with Crippen molar-refractivity contribution in [2.75, 3.05) is 11.1 Å². The highest BCUT2D eigenvalue weighted by atomic mass is 32.2. The molecule has 4 nitrogen and oxygen atoms in total. The molecular weight excluding hydrogens is 342 g/mol. The molecular formula is C21H23N3OS. The molecule has 0 radical (unpaired) electrons. The van der Waals surface area contributed by atoms with Crippen molar-refractivity contribution in [1.82, 2.24) is 0 Å². The predicted molar refractivity (Wildman–Crippen MR) is 111 cm³/mol. The largest absolute Gasteiger partial charge is 0.325 e. The van der Waals surface area contributed by atoms with Crippen molar-refractivity contribution in [3.8, 4) is 0 Å². The summed E-state index contributed by atoms with van der Waals surface area (Å²) < 4.78 is 0. The predicted octanol–water partition coefficient (Wildman–Crippen LogP) is 4.61. The van der Waals surface area contributed by atoms with E-state index in [9.17, 15) is 4.79 Å². The topological polar surface area (TPSA) is 53.8 Å². The fourth-order valence-corrected chi connectivity index (χ4v) is 3.54. The first-order valence-corrected chi connectivity index (χ1v) is 9.57. The van der Waals surface area contributed by atoms with Gasteiger partial charge in [-0.1, -0.05) is 59.3 Å². The zero-order chi connectivity index (χ0) is 18.7. The summed E-state index contributed by atoms with van der Waals surface area (Å²) in [5, 5.41) is 3.74. The Morgan fingerprint density at radius 3 is 2.15 bits per heavy atom. The summed E-state index contributed by atoms with van der Waals surface area (Å²) in [6.07, 6.45) is 0. The first-order chi connectivity index (χ1) is 12.3. The number of anilines is 1. The number of aryl methyl sites for hydroxylation is 2. The van der Waals surface area contributed by atoms with Crippen LogP contribution >= 0.6 is 11.8 Å².